The van der Waals surface area contributed by atoms with Gasteiger partial charge in [-0.25, -0.2) is 0 Å². The van der Waals surface area contributed by atoms with Gasteiger partial charge in [-0.05, 0) is 0 Å². The standard InChI is InChI=1S/C13H16N4O2/c18-11-1-4-17-12(8-11)15-10(7-13(17)19)9-16-5-2-14-3-6-16/h1,4,7-8,14-15H,2-3,5-6,9H2. The van der Waals surface area contributed by atoms with Crippen LogP contribution in [0.25, 0.3) is 5.65 Å². The Kier molecular flexibility index (Phi) is 3.18. The van der Waals surface area contributed by atoms with E-state index < -0.39 is 0 Å². The molecule has 1 aliphatic heterocycles. The summed E-state index contributed by atoms with van der Waals surface area (Å²) in [5.74, 6) is 0. The van der Waals surface area contributed by atoms with Crippen molar-refractivity contribution in [3.8, 4) is 0 Å². The van der Waals surface area contributed by atoms with E-state index in [1.807, 2.05) is 0 Å². The predicted molar refractivity (Wildman–Crippen MR) is 72.4 cm³/mol. The van der Waals surface area contributed by atoms with Crippen LogP contribution in [0.2, 0.25) is 0 Å². The van der Waals surface area contributed by atoms with Gasteiger partial charge < -0.3 is 10.3 Å². The molecule has 2 N–H and O–H groups in total. The van der Waals surface area contributed by atoms with Crippen LogP contribution in [0.15, 0.2) is 34.0 Å². The average Bonchev–Trinajstić information content (AvgIpc) is 2.39. The van der Waals surface area contributed by atoms with E-state index in [0.29, 0.717) is 12.2 Å². The zero-order valence-corrected chi connectivity index (χ0v) is 10.6. The Morgan fingerprint density at radius 2 is 1.95 bits per heavy atom. The fourth-order valence-electron chi connectivity index (χ4n) is 2.38. The molecule has 6 nitrogen and oxygen atoms in total. The molecule has 1 saturated heterocycles. The summed E-state index contributed by atoms with van der Waals surface area (Å²) in [6, 6.07) is 4.43. The van der Waals surface area contributed by atoms with Crippen LogP contribution in [0.1, 0.15) is 5.69 Å². The van der Waals surface area contributed by atoms with Crippen LogP contribution in [0.5, 0.6) is 0 Å². The van der Waals surface area contributed by atoms with Gasteiger partial charge in [-0.1, -0.05) is 0 Å². The molecule has 0 aromatic carbocycles. The van der Waals surface area contributed by atoms with Crippen LogP contribution in [0, 0.1) is 0 Å². The zero-order chi connectivity index (χ0) is 13.2. The molecule has 0 atom stereocenters. The van der Waals surface area contributed by atoms with Gasteiger partial charge in [0.1, 0.15) is 5.65 Å². The van der Waals surface area contributed by atoms with Crippen molar-refractivity contribution in [2.75, 3.05) is 26.2 Å². The number of aromatic nitrogens is 2. The minimum absolute atomic E-state index is 0.102. The third-order valence-corrected chi connectivity index (χ3v) is 3.35. The predicted octanol–water partition coefficient (Wildman–Crippen LogP) is -0.607. The van der Waals surface area contributed by atoms with E-state index in [1.54, 1.807) is 6.07 Å². The molecule has 6 heteroatoms. The van der Waals surface area contributed by atoms with Crippen LogP contribution in [0.3, 0.4) is 0 Å². The van der Waals surface area contributed by atoms with Gasteiger partial charge in [-0.2, -0.15) is 0 Å². The molecule has 2 aromatic heterocycles. The van der Waals surface area contributed by atoms with E-state index in [2.05, 4.69) is 15.2 Å². The Bertz CT molecular complexity index is 698. The van der Waals surface area contributed by atoms with Crippen LogP contribution in [-0.2, 0) is 6.54 Å². The molecule has 0 saturated carbocycles. The summed E-state index contributed by atoms with van der Waals surface area (Å²) in [6.45, 7) is 4.58. The lowest BCUT2D eigenvalue weighted by atomic mass is 10.3. The Hall–Kier alpha value is -1.92. The lowest BCUT2D eigenvalue weighted by Crippen LogP contribution is -2.43. The molecule has 100 valence electrons. The summed E-state index contributed by atoms with van der Waals surface area (Å²) >= 11 is 0. The molecule has 1 aliphatic rings. The lowest BCUT2D eigenvalue weighted by Gasteiger charge is -2.27. The maximum Gasteiger partial charge on any atom is 0.257 e. The highest BCUT2D eigenvalue weighted by Gasteiger charge is 2.11. The van der Waals surface area contributed by atoms with Crippen LogP contribution >= 0.6 is 0 Å². The van der Waals surface area contributed by atoms with Crippen LogP contribution < -0.4 is 16.3 Å². The van der Waals surface area contributed by atoms with Crippen molar-refractivity contribution in [1.82, 2.24) is 19.6 Å². The first-order valence-electron chi connectivity index (χ1n) is 6.40. The first-order chi connectivity index (χ1) is 9.22. The van der Waals surface area contributed by atoms with Crippen molar-refractivity contribution in [1.29, 1.82) is 0 Å². The van der Waals surface area contributed by atoms with Gasteiger partial charge in [0.2, 0.25) is 0 Å². The number of aromatic amines is 1. The van der Waals surface area contributed by atoms with E-state index >= 15 is 0 Å². The van der Waals surface area contributed by atoms with Gasteiger partial charge in [0, 0.05) is 62.8 Å². The van der Waals surface area contributed by atoms with Gasteiger partial charge in [0.15, 0.2) is 5.43 Å². The number of H-pyrrole nitrogens is 1. The van der Waals surface area contributed by atoms with Crippen molar-refractivity contribution >= 4 is 5.65 Å². The maximum atomic E-state index is 12.0. The molecule has 0 bridgehead atoms. The number of nitrogens with zero attached hydrogens (tertiary/aromatic N) is 2. The first-order valence-corrected chi connectivity index (χ1v) is 6.40. The summed E-state index contributed by atoms with van der Waals surface area (Å²) in [5, 5.41) is 3.29. The second kappa shape index (κ2) is 4.99. The van der Waals surface area contributed by atoms with Gasteiger partial charge in [0.05, 0.1) is 0 Å². The van der Waals surface area contributed by atoms with Gasteiger partial charge in [-0.15, -0.1) is 0 Å². The highest BCUT2D eigenvalue weighted by Crippen LogP contribution is 2.02. The van der Waals surface area contributed by atoms with Gasteiger partial charge in [-0.3, -0.25) is 18.9 Å². The molecule has 0 unspecified atom stereocenters. The largest absolute Gasteiger partial charge is 0.343 e. The van der Waals surface area contributed by atoms with Crippen molar-refractivity contribution in [2.45, 2.75) is 6.54 Å². The number of piperazine rings is 1. The summed E-state index contributed by atoms with van der Waals surface area (Å²) in [7, 11) is 0. The van der Waals surface area contributed by atoms with Crippen molar-refractivity contribution < 1.29 is 0 Å². The molecule has 3 heterocycles. The molecule has 3 rings (SSSR count). The topological polar surface area (TPSA) is 69.6 Å². The molecule has 19 heavy (non-hydrogen) atoms. The monoisotopic (exact) mass is 260 g/mol. The van der Waals surface area contributed by atoms with Crippen molar-refractivity contribution in [3.05, 3.63) is 50.7 Å². The normalized spacial score (nSPS) is 16.8. The molecule has 0 radical (unpaired) electrons. The fraction of sp³-hybridized carbons (Fsp3) is 0.385. The summed E-state index contributed by atoms with van der Waals surface area (Å²) in [5.41, 5.74) is 1.18. The zero-order valence-electron chi connectivity index (χ0n) is 10.6. The van der Waals surface area contributed by atoms with E-state index in [4.69, 9.17) is 0 Å². The smallest absolute Gasteiger partial charge is 0.257 e. The number of pyridine rings is 1. The van der Waals surface area contributed by atoms with Gasteiger partial charge in [0.25, 0.3) is 5.56 Å². The highest BCUT2D eigenvalue weighted by molar-refractivity contribution is 5.38. The SMILES string of the molecule is O=c1ccn2c(=O)cc(CN3CCNCC3)[nH]c2c1. The number of rotatable bonds is 2. The van der Waals surface area contributed by atoms with Crippen molar-refractivity contribution in [3.63, 3.8) is 0 Å². The van der Waals surface area contributed by atoms with E-state index in [9.17, 15) is 9.59 Å². The molecule has 0 amide bonds. The summed E-state index contributed by atoms with van der Waals surface area (Å²) < 4.78 is 1.45. The lowest BCUT2D eigenvalue weighted by molar-refractivity contribution is 0.231. The van der Waals surface area contributed by atoms with E-state index in [-0.39, 0.29) is 11.0 Å². The number of nitrogens with one attached hydrogen (secondary N) is 2. The number of hydrogen-bond acceptors (Lipinski definition) is 4. The van der Waals surface area contributed by atoms with Crippen LogP contribution in [-0.4, -0.2) is 40.5 Å². The summed E-state index contributed by atoms with van der Waals surface area (Å²) in [4.78, 5) is 28.7. The van der Waals surface area contributed by atoms with Crippen LogP contribution in [0.4, 0.5) is 0 Å². The van der Waals surface area contributed by atoms with Crippen molar-refractivity contribution in [2.24, 2.45) is 0 Å². The quantitative estimate of drug-likeness (QED) is 0.756. The Balaban J connectivity index is 1.95. The van der Waals surface area contributed by atoms with Gasteiger partial charge >= 0.3 is 0 Å². The Morgan fingerprint density at radius 3 is 2.74 bits per heavy atom. The Morgan fingerprint density at radius 1 is 1.16 bits per heavy atom. The number of hydrogen-bond donors (Lipinski definition) is 2. The molecular formula is C13H16N4O2. The third kappa shape index (κ3) is 2.59. The fourth-order valence-corrected chi connectivity index (χ4v) is 2.38. The minimum Gasteiger partial charge on any atom is -0.343 e. The molecule has 0 spiro atoms. The number of fused-ring (bicyclic) bond motifs is 1. The van der Waals surface area contributed by atoms with E-state index in [0.717, 1.165) is 31.9 Å². The average molecular weight is 260 g/mol. The second-order valence-corrected chi connectivity index (χ2v) is 4.78. The molecule has 2 aromatic rings. The molecule has 1 fully saturated rings. The second-order valence-electron chi connectivity index (χ2n) is 4.78. The highest BCUT2D eigenvalue weighted by atomic mass is 16.1. The minimum atomic E-state index is -0.112. The third-order valence-electron chi connectivity index (χ3n) is 3.35. The first kappa shape index (κ1) is 12.1. The van der Waals surface area contributed by atoms with E-state index in [1.165, 1.54) is 22.7 Å². The molecule has 0 aliphatic carbocycles. The maximum absolute atomic E-state index is 12.0. The Labute approximate surface area is 109 Å². The molecular weight excluding hydrogens is 244 g/mol. The summed E-state index contributed by atoms with van der Waals surface area (Å²) in [6.07, 6.45) is 1.51.